The van der Waals surface area contributed by atoms with Gasteiger partial charge in [0, 0.05) is 51.3 Å². The van der Waals surface area contributed by atoms with Crippen molar-refractivity contribution >= 4 is 95.3 Å². The summed E-state index contributed by atoms with van der Waals surface area (Å²) in [6, 6.07) is 68.5. The monoisotopic (exact) mass is 784 g/mol. The van der Waals surface area contributed by atoms with Gasteiger partial charge in [0.2, 0.25) is 0 Å². The third kappa shape index (κ3) is 4.70. The van der Waals surface area contributed by atoms with Crippen LogP contribution >= 0.6 is 22.7 Å². The van der Waals surface area contributed by atoms with Crippen LogP contribution in [0.25, 0.3) is 117 Å². The molecule has 0 bridgehead atoms. The summed E-state index contributed by atoms with van der Waals surface area (Å²) >= 11 is 3.87. The second-order valence-corrected chi connectivity index (χ2v) is 18.9. The minimum atomic E-state index is -0.154. The smallest absolute Gasteiger partial charge is 0.0441 e. The van der Waals surface area contributed by atoms with Crippen LogP contribution in [0.3, 0.4) is 0 Å². The van der Waals surface area contributed by atoms with Crippen molar-refractivity contribution in [2.45, 2.75) is 19.3 Å². The van der Waals surface area contributed by atoms with Crippen molar-refractivity contribution in [1.82, 2.24) is 0 Å². The van der Waals surface area contributed by atoms with E-state index in [1.165, 1.54) is 128 Å². The predicted octanol–water partition coefficient (Wildman–Crippen LogP) is 17.2. The minimum Gasteiger partial charge on any atom is -0.135 e. The van der Waals surface area contributed by atoms with E-state index in [0.29, 0.717) is 0 Å². The molecule has 0 amide bonds. The lowest BCUT2D eigenvalue weighted by molar-refractivity contribution is 0.660. The molecule has 0 saturated heterocycles. The van der Waals surface area contributed by atoms with Crippen LogP contribution in [0.15, 0.2) is 182 Å². The third-order valence-corrected chi connectivity index (χ3v) is 15.5. The van der Waals surface area contributed by atoms with Crippen molar-refractivity contribution in [3.63, 3.8) is 0 Å². The van der Waals surface area contributed by atoms with E-state index in [1.54, 1.807) is 0 Å². The van der Waals surface area contributed by atoms with Gasteiger partial charge in [-0.1, -0.05) is 159 Å². The van der Waals surface area contributed by atoms with Crippen molar-refractivity contribution in [1.29, 1.82) is 0 Å². The number of rotatable bonds is 3. The number of hydrogen-bond acceptors (Lipinski definition) is 2. The molecular formula is C57H36S2. The Morgan fingerprint density at radius 1 is 0.339 bits per heavy atom. The van der Waals surface area contributed by atoms with Gasteiger partial charge < -0.3 is 0 Å². The van der Waals surface area contributed by atoms with Gasteiger partial charge in [-0.05, 0) is 119 Å². The maximum Gasteiger partial charge on any atom is 0.0441 e. The Balaban J connectivity index is 1.02. The van der Waals surface area contributed by atoms with Gasteiger partial charge in [0.25, 0.3) is 0 Å². The highest BCUT2D eigenvalue weighted by Gasteiger charge is 2.36. The summed E-state index contributed by atoms with van der Waals surface area (Å²) in [5, 5.41) is 13.2. The fourth-order valence-electron chi connectivity index (χ4n) is 10.5. The highest BCUT2D eigenvalue weighted by molar-refractivity contribution is 7.28. The van der Waals surface area contributed by atoms with Gasteiger partial charge in [0.1, 0.15) is 0 Å². The topological polar surface area (TPSA) is 0 Å². The normalized spacial score (nSPS) is 13.4. The zero-order valence-corrected chi connectivity index (χ0v) is 34.3. The van der Waals surface area contributed by atoms with Crippen LogP contribution < -0.4 is 0 Å². The summed E-state index contributed by atoms with van der Waals surface area (Å²) in [6.45, 7) is 4.82. The summed E-state index contributed by atoms with van der Waals surface area (Å²) in [5.74, 6) is 0. The summed E-state index contributed by atoms with van der Waals surface area (Å²) in [7, 11) is 0. The Kier molecular flexibility index (Phi) is 6.92. The van der Waals surface area contributed by atoms with Crippen molar-refractivity contribution in [3.05, 3.63) is 193 Å². The lowest BCUT2D eigenvalue weighted by Crippen LogP contribution is -2.15. The molecule has 0 atom stereocenters. The molecule has 13 rings (SSSR count). The lowest BCUT2D eigenvalue weighted by Gasteiger charge is -2.23. The molecule has 0 radical (unpaired) electrons. The van der Waals surface area contributed by atoms with E-state index < -0.39 is 0 Å². The fourth-order valence-corrected chi connectivity index (χ4v) is 12.9. The Hall–Kier alpha value is -6.58. The molecule has 0 unspecified atom stereocenters. The third-order valence-electron chi connectivity index (χ3n) is 13.2. The Bertz CT molecular complexity index is 3690. The van der Waals surface area contributed by atoms with Gasteiger partial charge in [0.15, 0.2) is 0 Å². The molecule has 1 aliphatic carbocycles. The first-order valence-corrected chi connectivity index (χ1v) is 22.1. The van der Waals surface area contributed by atoms with Crippen LogP contribution in [-0.2, 0) is 5.41 Å². The zero-order chi connectivity index (χ0) is 39.0. The molecule has 276 valence electrons. The first-order valence-electron chi connectivity index (χ1n) is 20.5. The lowest BCUT2D eigenvalue weighted by atomic mass is 9.80. The SMILES string of the molecule is CC1(C)c2ccc(-c3cc4sc5cc6ccccc6cc5c4c4c3sc3ccccc34)cc2-c2ccc(-c3c4ccccc4c(-c4ccccc4)c4ccccc34)cc21. The van der Waals surface area contributed by atoms with Crippen molar-refractivity contribution in [2.75, 3.05) is 0 Å². The van der Waals surface area contributed by atoms with E-state index >= 15 is 0 Å². The summed E-state index contributed by atoms with van der Waals surface area (Å²) in [6.07, 6.45) is 0. The van der Waals surface area contributed by atoms with E-state index in [1.807, 2.05) is 22.7 Å². The van der Waals surface area contributed by atoms with Gasteiger partial charge in [-0.2, -0.15) is 0 Å². The van der Waals surface area contributed by atoms with Crippen molar-refractivity contribution in [2.24, 2.45) is 0 Å². The molecule has 0 saturated carbocycles. The summed E-state index contributed by atoms with van der Waals surface area (Å²) in [5.41, 5.74) is 13.1. The van der Waals surface area contributed by atoms with Crippen LogP contribution in [0.4, 0.5) is 0 Å². The van der Waals surface area contributed by atoms with Crippen molar-refractivity contribution in [3.8, 4) is 44.5 Å². The predicted molar refractivity (Wildman–Crippen MR) is 259 cm³/mol. The quantitative estimate of drug-likeness (QED) is 0.157. The molecular weight excluding hydrogens is 749 g/mol. The Labute approximate surface area is 350 Å². The van der Waals surface area contributed by atoms with E-state index in [2.05, 4.69) is 196 Å². The van der Waals surface area contributed by atoms with E-state index in [0.717, 1.165) is 0 Å². The largest absolute Gasteiger partial charge is 0.135 e. The zero-order valence-electron chi connectivity index (χ0n) is 32.6. The highest BCUT2D eigenvalue weighted by atomic mass is 32.1. The summed E-state index contributed by atoms with van der Waals surface area (Å²) in [4.78, 5) is 0. The van der Waals surface area contributed by atoms with E-state index in [9.17, 15) is 0 Å². The first-order chi connectivity index (χ1) is 29.0. The molecule has 1 aliphatic rings. The van der Waals surface area contributed by atoms with Crippen LogP contribution in [0.2, 0.25) is 0 Å². The molecule has 0 aliphatic heterocycles. The maximum atomic E-state index is 2.50. The van der Waals surface area contributed by atoms with Crippen LogP contribution in [0, 0.1) is 0 Å². The van der Waals surface area contributed by atoms with Crippen LogP contribution in [0.1, 0.15) is 25.0 Å². The number of hydrogen-bond donors (Lipinski definition) is 0. The van der Waals surface area contributed by atoms with Crippen molar-refractivity contribution < 1.29 is 0 Å². The van der Waals surface area contributed by atoms with Crippen LogP contribution in [0.5, 0.6) is 0 Å². The van der Waals surface area contributed by atoms with Gasteiger partial charge in [-0.25, -0.2) is 0 Å². The highest BCUT2D eigenvalue weighted by Crippen LogP contribution is 2.54. The molecule has 0 nitrogen and oxygen atoms in total. The average molecular weight is 785 g/mol. The first kappa shape index (κ1) is 33.4. The molecule has 12 aromatic rings. The molecule has 0 N–H and O–H groups in total. The number of fused-ring (bicyclic) bond motifs is 13. The second kappa shape index (κ2) is 12.2. The van der Waals surface area contributed by atoms with Gasteiger partial charge in [-0.15, -0.1) is 22.7 Å². The molecule has 0 fully saturated rings. The second-order valence-electron chi connectivity index (χ2n) is 16.8. The molecule has 59 heavy (non-hydrogen) atoms. The number of thiophene rings is 2. The van der Waals surface area contributed by atoms with E-state index in [4.69, 9.17) is 0 Å². The van der Waals surface area contributed by atoms with Gasteiger partial charge in [-0.3, -0.25) is 0 Å². The average Bonchev–Trinajstić information content (AvgIpc) is 3.91. The molecule has 0 spiro atoms. The molecule has 10 aromatic carbocycles. The maximum absolute atomic E-state index is 2.50. The van der Waals surface area contributed by atoms with Gasteiger partial charge in [0.05, 0.1) is 0 Å². The molecule has 2 heterocycles. The molecule has 2 heteroatoms. The molecule has 2 aromatic heterocycles. The standard InChI is InChI=1S/C57H36S2/c1-57(2)47-27-25-36(44-32-51-54(55-43-22-12-13-23-49(43)59-56(44)55)46-28-34-16-6-7-17-35(34)31-50(46)58-51)29-45(47)38-26-24-37(30-48(38)57)53-41-20-10-8-18-39(41)52(33-14-4-3-5-15-33)40-19-9-11-21-42(40)53/h3-32H,1-2H3. The Morgan fingerprint density at radius 2 is 0.949 bits per heavy atom. The van der Waals surface area contributed by atoms with Crippen LogP contribution in [-0.4, -0.2) is 0 Å². The summed E-state index contributed by atoms with van der Waals surface area (Å²) < 4.78 is 5.42. The number of benzene rings is 10. The Morgan fingerprint density at radius 3 is 1.68 bits per heavy atom. The van der Waals surface area contributed by atoms with Gasteiger partial charge >= 0.3 is 0 Å². The van der Waals surface area contributed by atoms with E-state index in [-0.39, 0.29) is 5.41 Å². The minimum absolute atomic E-state index is 0.154. The fraction of sp³-hybridized carbons (Fsp3) is 0.0526.